The van der Waals surface area contributed by atoms with Crippen molar-refractivity contribution >= 4 is 23.3 Å². The minimum atomic E-state index is -0.492. The van der Waals surface area contributed by atoms with Crippen LogP contribution >= 0.6 is 11.3 Å². The van der Waals surface area contributed by atoms with Gasteiger partial charge in [0, 0.05) is 24.5 Å². The first-order valence-corrected chi connectivity index (χ1v) is 10.5. The summed E-state index contributed by atoms with van der Waals surface area (Å²) in [5, 5.41) is 3.03. The van der Waals surface area contributed by atoms with Gasteiger partial charge in [0.2, 0.25) is 0 Å². The molecule has 6 heteroatoms. The molecule has 0 bridgehead atoms. The zero-order chi connectivity index (χ0) is 20.1. The molecule has 0 spiro atoms. The zero-order valence-corrected chi connectivity index (χ0v) is 17.6. The van der Waals surface area contributed by atoms with E-state index in [1.165, 1.54) is 11.3 Å². The number of ether oxygens (including phenoxy) is 1. The first-order valence-electron chi connectivity index (χ1n) is 9.73. The smallest absolute Gasteiger partial charge is 0.410 e. The lowest BCUT2D eigenvalue weighted by molar-refractivity contribution is 0.0167. The second kappa shape index (κ2) is 8.78. The van der Waals surface area contributed by atoms with Crippen molar-refractivity contribution in [2.45, 2.75) is 39.2 Å². The summed E-state index contributed by atoms with van der Waals surface area (Å²) in [6.07, 6.45) is 1.66. The molecule has 1 fully saturated rings. The molecule has 150 valence electrons. The molecule has 0 saturated carbocycles. The van der Waals surface area contributed by atoms with Crippen LogP contribution in [-0.4, -0.2) is 42.1 Å². The zero-order valence-electron chi connectivity index (χ0n) is 16.7. The molecule has 0 radical (unpaired) electrons. The first kappa shape index (κ1) is 20.4. The molecule has 2 aromatic rings. The molecule has 28 heavy (non-hydrogen) atoms. The summed E-state index contributed by atoms with van der Waals surface area (Å²) in [6, 6.07) is 13.9. The molecule has 5 nitrogen and oxygen atoms in total. The molecule has 2 heterocycles. The van der Waals surface area contributed by atoms with Crippen LogP contribution in [0.4, 0.5) is 4.79 Å². The highest BCUT2D eigenvalue weighted by atomic mass is 32.1. The van der Waals surface area contributed by atoms with E-state index in [-0.39, 0.29) is 17.9 Å². The van der Waals surface area contributed by atoms with E-state index in [1.807, 2.05) is 63.2 Å². The second-order valence-electron chi connectivity index (χ2n) is 8.17. The van der Waals surface area contributed by atoms with Crippen LogP contribution in [0.1, 0.15) is 43.3 Å². The maximum atomic E-state index is 12.5. The van der Waals surface area contributed by atoms with Crippen molar-refractivity contribution in [1.82, 2.24) is 10.2 Å². The van der Waals surface area contributed by atoms with Gasteiger partial charge >= 0.3 is 6.09 Å². The van der Waals surface area contributed by atoms with Gasteiger partial charge in [0.05, 0.1) is 4.88 Å². The molecule has 1 unspecified atom stereocenters. The summed E-state index contributed by atoms with van der Waals surface area (Å²) >= 11 is 1.50. The predicted molar refractivity (Wildman–Crippen MR) is 113 cm³/mol. The largest absolute Gasteiger partial charge is 0.444 e. The molecule has 1 N–H and O–H groups in total. The van der Waals surface area contributed by atoms with Gasteiger partial charge in [0.1, 0.15) is 5.60 Å². The molecule has 2 amide bonds. The fourth-order valence-electron chi connectivity index (χ4n) is 3.27. The number of carbonyl (C=O) groups excluding carboxylic acids is 2. The molecule has 1 aliphatic heterocycles. The van der Waals surface area contributed by atoms with Gasteiger partial charge in [0.25, 0.3) is 5.91 Å². The summed E-state index contributed by atoms with van der Waals surface area (Å²) in [5.74, 6) is 0.195. The van der Waals surface area contributed by atoms with Gasteiger partial charge in [-0.2, -0.15) is 0 Å². The standard InChI is InChI=1S/C22H28N2O3S/c1-22(2,3)27-21(26)24-13-7-8-16(15-24)14-23-20(25)19-12-11-18(28-19)17-9-5-4-6-10-17/h4-6,9-12,16H,7-8,13-15H2,1-3H3,(H,23,25). The summed E-state index contributed by atoms with van der Waals surface area (Å²) in [7, 11) is 0. The van der Waals surface area contributed by atoms with Crippen molar-refractivity contribution in [1.29, 1.82) is 0 Å². The van der Waals surface area contributed by atoms with E-state index >= 15 is 0 Å². The molecule has 1 saturated heterocycles. The first-order chi connectivity index (χ1) is 13.3. The normalized spacial score (nSPS) is 17.2. The van der Waals surface area contributed by atoms with Gasteiger partial charge in [-0.05, 0) is 57.2 Å². The minimum Gasteiger partial charge on any atom is -0.444 e. The minimum absolute atomic E-state index is 0.0541. The molecule has 0 aliphatic carbocycles. The molecule has 3 rings (SSSR count). The Morgan fingerprint density at radius 1 is 1.18 bits per heavy atom. The number of amides is 2. The number of carbonyl (C=O) groups is 2. The van der Waals surface area contributed by atoms with Gasteiger partial charge in [0.15, 0.2) is 0 Å². The Balaban J connectivity index is 1.52. The van der Waals surface area contributed by atoms with Crippen LogP contribution in [0.15, 0.2) is 42.5 Å². The van der Waals surface area contributed by atoms with Crippen molar-refractivity contribution in [3.8, 4) is 10.4 Å². The molecule has 1 aromatic carbocycles. The van der Waals surface area contributed by atoms with Gasteiger partial charge < -0.3 is 15.0 Å². The van der Waals surface area contributed by atoms with Crippen molar-refractivity contribution < 1.29 is 14.3 Å². The van der Waals surface area contributed by atoms with E-state index in [9.17, 15) is 9.59 Å². The number of hydrogen-bond acceptors (Lipinski definition) is 4. The lowest BCUT2D eigenvalue weighted by atomic mass is 9.98. The van der Waals surface area contributed by atoms with Crippen LogP contribution < -0.4 is 5.32 Å². The summed E-state index contributed by atoms with van der Waals surface area (Å²) in [4.78, 5) is 28.3. The second-order valence-corrected chi connectivity index (χ2v) is 9.26. The Morgan fingerprint density at radius 3 is 2.64 bits per heavy atom. The highest BCUT2D eigenvalue weighted by Crippen LogP contribution is 2.28. The Bertz CT molecular complexity index is 811. The van der Waals surface area contributed by atoms with Crippen LogP contribution in [0, 0.1) is 5.92 Å². The number of thiophene rings is 1. The van der Waals surface area contributed by atoms with Crippen molar-refractivity contribution in [2.75, 3.05) is 19.6 Å². The maximum absolute atomic E-state index is 12.5. The van der Waals surface area contributed by atoms with Gasteiger partial charge in [-0.1, -0.05) is 30.3 Å². The SMILES string of the molecule is CC(C)(C)OC(=O)N1CCCC(CNC(=O)c2ccc(-c3ccccc3)s2)C1. The van der Waals surface area contributed by atoms with Crippen molar-refractivity contribution in [2.24, 2.45) is 5.92 Å². The molecule has 1 aliphatic rings. The fourth-order valence-corrected chi connectivity index (χ4v) is 4.19. The Hall–Kier alpha value is -2.34. The fraction of sp³-hybridized carbons (Fsp3) is 0.455. The Kier molecular flexibility index (Phi) is 6.39. The van der Waals surface area contributed by atoms with Crippen LogP contribution in [0.25, 0.3) is 10.4 Å². The van der Waals surface area contributed by atoms with E-state index in [4.69, 9.17) is 4.74 Å². The summed E-state index contributed by atoms with van der Waals surface area (Å²) < 4.78 is 5.47. The summed E-state index contributed by atoms with van der Waals surface area (Å²) in [6.45, 7) is 7.52. The number of nitrogens with one attached hydrogen (secondary N) is 1. The number of benzene rings is 1. The third kappa shape index (κ3) is 5.58. The lowest BCUT2D eigenvalue weighted by Gasteiger charge is -2.34. The number of piperidine rings is 1. The van der Waals surface area contributed by atoms with E-state index in [1.54, 1.807) is 4.90 Å². The van der Waals surface area contributed by atoms with Crippen LogP contribution in [0.5, 0.6) is 0 Å². The maximum Gasteiger partial charge on any atom is 0.410 e. The quantitative estimate of drug-likeness (QED) is 0.803. The topological polar surface area (TPSA) is 58.6 Å². The molecule has 1 atom stereocenters. The number of nitrogens with zero attached hydrogens (tertiary/aromatic N) is 1. The van der Waals surface area contributed by atoms with Gasteiger partial charge in [-0.25, -0.2) is 4.79 Å². The highest BCUT2D eigenvalue weighted by molar-refractivity contribution is 7.17. The van der Waals surface area contributed by atoms with E-state index < -0.39 is 5.60 Å². The number of hydrogen-bond donors (Lipinski definition) is 1. The van der Waals surface area contributed by atoms with Crippen molar-refractivity contribution in [3.05, 3.63) is 47.3 Å². The molecule has 1 aromatic heterocycles. The highest BCUT2D eigenvalue weighted by Gasteiger charge is 2.27. The molecular formula is C22H28N2O3S. The van der Waals surface area contributed by atoms with Gasteiger partial charge in [-0.3, -0.25) is 4.79 Å². The predicted octanol–water partition coefficient (Wildman–Crippen LogP) is 4.79. The Labute approximate surface area is 170 Å². The van der Waals surface area contributed by atoms with E-state index in [2.05, 4.69) is 5.32 Å². The van der Waals surface area contributed by atoms with E-state index in [0.29, 0.717) is 24.5 Å². The number of rotatable bonds is 4. The summed E-state index contributed by atoms with van der Waals surface area (Å²) in [5.41, 5.74) is 0.625. The average Bonchev–Trinajstić information content (AvgIpc) is 3.16. The number of likely N-dealkylation sites (tertiary alicyclic amines) is 1. The third-order valence-electron chi connectivity index (χ3n) is 4.61. The lowest BCUT2D eigenvalue weighted by Crippen LogP contribution is -2.45. The van der Waals surface area contributed by atoms with Crippen LogP contribution in [0.3, 0.4) is 0 Å². The monoisotopic (exact) mass is 400 g/mol. The van der Waals surface area contributed by atoms with Crippen LogP contribution in [-0.2, 0) is 4.74 Å². The molecular weight excluding hydrogens is 372 g/mol. The Morgan fingerprint density at radius 2 is 1.93 bits per heavy atom. The third-order valence-corrected chi connectivity index (χ3v) is 5.74. The van der Waals surface area contributed by atoms with E-state index in [0.717, 1.165) is 23.3 Å². The average molecular weight is 401 g/mol. The van der Waals surface area contributed by atoms with Crippen molar-refractivity contribution in [3.63, 3.8) is 0 Å². The van der Waals surface area contributed by atoms with Gasteiger partial charge in [-0.15, -0.1) is 11.3 Å². The van der Waals surface area contributed by atoms with Crippen LogP contribution in [0.2, 0.25) is 0 Å².